The van der Waals surface area contributed by atoms with Crippen molar-refractivity contribution in [2.75, 3.05) is 5.75 Å². The molecule has 1 heterocycles. The third-order valence-electron chi connectivity index (χ3n) is 3.32. The zero-order chi connectivity index (χ0) is 15.8. The van der Waals surface area contributed by atoms with Crippen molar-refractivity contribution in [2.45, 2.75) is 39.4 Å². The van der Waals surface area contributed by atoms with E-state index in [0.29, 0.717) is 5.75 Å². The highest BCUT2D eigenvalue weighted by molar-refractivity contribution is 7.87. The average molecular weight is 314 g/mol. The molecule has 0 saturated heterocycles. The molecule has 2 rings (SSSR count). The summed E-state index contributed by atoms with van der Waals surface area (Å²) in [6, 6.07) is 4.73. The minimum atomic E-state index is -3.59. The maximum Gasteiger partial charge on any atom is 0.308 e. The second kappa shape index (κ2) is 5.22. The Morgan fingerprint density at radius 2 is 2.05 bits per heavy atom. The van der Waals surface area contributed by atoms with Gasteiger partial charge in [0.1, 0.15) is 11.5 Å². The maximum atomic E-state index is 11.5. The van der Waals surface area contributed by atoms with Gasteiger partial charge >= 0.3 is 16.1 Å². The molecule has 1 aliphatic heterocycles. The molecule has 0 bridgehead atoms. The van der Waals surface area contributed by atoms with Crippen molar-refractivity contribution in [3.63, 3.8) is 0 Å². The maximum absolute atomic E-state index is 11.5. The van der Waals surface area contributed by atoms with Crippen LogP contribution in [0.2, 0.25) is 0 Å². The van der Waals surface area contributed by atoms with E-state index in [4.69, 9.17) is 13.7 Å². The van der Waals surface area contributed by atoms with E-state index in [1.165, 1.54) is 19.9 Å². The lowest BCUT2D eigenvalue weighted by atomic mass is 9.85. The van der Waals surface area contributed by atoms with Crippen LogP contribution in [0.4, 0.5) is 0 Å². The van der Waals surface area contributed by atoms with Gasteiger partial charge in [-0.05, 0) is 39.0 Å². The quantitative estimate of drug-likeness (QED) is 0.624. The van der Waals surface area contributed by atoms with Crippen LogP contribution >= 0.6 is 0 Å². The molecule has 6 nitrogen and oxygen atoms in total. The minimum absolute atomic E-state index is 0.111. The number of fused-ring (bicyclic) bond motifs is 1. The molecule has 116 valence electrons. The number of rotatable bonds is 4. The van der Waals surface area contributed by atoms with Crippen LogP contribution in [-0.2, 0) is 25.1 Å². The first-order valence-electron chi connectivity index (χ1n) is 6.56. The fourth-order valence-corrected chi connectivity index (χ4v) is 2.60. The van der Waals surface area contributed by atoms with E-state index in [-0.39, 0.29) is 11.5 Å². The van der Waals surface area contributed by atoms with Crippen LogP contribution in [0.5, 0.6) is 11.5 Å². The first kappa shape index (κ1) is 15.6. The molecule has 1 aromatic carbocycles. The summed E-state index contributed by atoms with van der Waals surface area (Å²) < 4.78 is 38.8. The van der Waals surface area contributed by atoms with Crippen molar-refractivity contribution >= 4 is 16.1 Å². The highest BCUT2D eigenvalue weighted by atomic mass is 32.2. The molecule has 21 heavy (non-hydrogen) atoms. The Balaban J connectivity index is 2.33. The largest absolute Gasteiger partial charge is 0.454 e. The second-order valence-corrected chi connectivity index (χ2v) is 7.23. The fourth-order valence-electron chi connectivity index (χ4n) is 2.08. The molecule has 0 N–H and O–H groups in total. The second-order valence-electron chi connectivity index (χ2n) is 5.37. The summed E-state index contributed by atoms with van der Waals surface area (Å²) >= 11 is 0. The lowest BCUT2D eigenvalue weighted by Crippen LogP contribution is -2.36. The van der Waals surface area contributed by atoms with Crippen molar-refractivity contribution in [1.82, 2.24) is 0 Å². The van der Waals surface area contributed by atoms with Crippen LogP contribution < -0.4 is 8.92 Å². The predicted molar refractivity (Wildman–Crippen MR) is 75.7 cm³/mol. The van der Waals surface area contributed by atoms with Gasteiger partial charge in [0.25, 0.3) is 6.29 Å². The highest BCUT2D eigenvalue weighted by Crippen LogP contribution is 2.44. The van der Waals surface area contributed by atoms with E-state index >= 15 is 0 Å². The van der Waals surface area contributed by atoms with Crippen LogP contribution in [0.3, 0.4) is 0 Å². The van der Waals surface area contributed by atoms with Crippen LogP contribution in [0.1, 0.15) is 33.3 Å². The zero-order valence-electron chi connectivity index (χ0n) is 12.4. The third-order valence-corrected chi connectivity index (χ3v) is 4.47. The Morgan fingerprint density at radius 1 is 1.38 bits per heavy atom. The smallest absolute Gasteiger partial charge is 0.308 e. The van der Waals surface area contributed by atoms with Crippen LogP contribution in [0.15, 0.2) is 18.2 Å². The van der Waals surface area contributed by atoms with Gasteiger partial charge in [0.05, 0.1) is 11.2 Å². The molecule has 0 aliphatic carbocycles. The third kappa shape index (κ3) is 3.12. The average Bonchev–Trinajstić information content (AvgIpc) is 2.61. The normalized spacial score (nSPS) is 19.5. The van der Waals surface area contributed by atoms with E-state index in [2.05, 4.69) is 0 Å². The molecule has 1 aliphatic rings. The van der Waals surface area contributed by atoms with Crippen molar-refractivity contribution in [2.24, 2.45) is 0 Å². The number of ether oxygens (including phenoxy) is 2. The lowest BCUT2D eigenvalue weighted by molar-refractivity contribution is -0.165. The first-order valence-corrected chi connectivity index (χ1v) is 8.14. The fraction of sp³-hybridized carbons (Fsp3) is 0.500. The molecular formula is C14H18O6S. The van der Waals surface area contributed by atoms with Crippen molar-refractivity contribution in [3.8, 4) is 11.5 Å². The summed E-state index contributed by atoms with van der Waals surface area (Å²) in [5.41, 5.74) is 0.133. The molecular weight excluding hydrogens is 296 g/mol. The van der Waals surface area contributed by atoms with Crippen LogP contribution in [0.25, 0.3) is 0 Å². The number of hydrogen-bond donors (Lipinski definition) is 0. The highest BCUT2D eigenvalue weighted by Gasteiger charge is 2.44. The van der Waals surface area contributed by atoms with Gasteiger partial charge in [0, 0.05) is 12.5 Å². The summed E-state index contributed by atoms with van der Waals surface area (Å²) in [4.78, 5) is 11.1. The molecule has 7 heteroatoms. The van der Waals surface area contributed by atoms with Gasteiger partial charge in [-0.2, -0.15) is 8.42 Å². The SMILES string of the molecule is CCS(=O)(=O)Oc1ccc2c(c1)C(C)(C)C(OC(C)=O)O2. The predicted octanol–water partition coefficient (Wildman–Crippen LogP) is 1.97. The summed E-state index contributed by atoms with van der Waals surface area (Å²) in [6.07, 6.45) is -0.747. The summed E-state index contributed by atoms with van der Waals surface area (Å²) in [5.74, 6) is 0.217. The lowest BCUT2D eigenvalue weighted by Gasteiger charge is -2.24. The minimum Gasteiger partial charge on any atom is -0.454 e. The Kier molecular flexibility index (Phi) is 3.88. The van der Waals surface area contributed by atoms with Gasteiger partial charge in [-0.1, -0.05) is 0 Å². The van der Waals surface area contributed by atoms with E-state index < -0.39 is 27.8 Å². The molecule has 0 aromatic heterocycles. The molecule has 0 fully saturated rings. The van der Waals surface area contributed by atoms with Crippen molar-refractivity contribution in [3.05, 3.63) is 23.8 Å². The van der Waals surface area contributed by atoms with Crippen LogP contribution in [0, 0.1) is 0 Å². The first-order chi connectivity index (χ1) is 9.65. The monoisotopic (exact) mass is 314 g/mol. The van der Waals surface area contributed by atoms with Gasteiger partial charge in [-0.15, -0.1) is 0 Å². The number of carbonyl (C=O) groups excluding carboxylic acids is 1. The Labute approximate surface area is 124 Å². The zero-order valence-corrected chi connectivity index (χ0v) is 13.2. The summed E-state index contributed by atoms with van der Waals surface area (Å²) in [5, 5.41) is 0. The van der Waals surface area contributed by atoms with E-state index in [9.17, 15) is 13.2 Å². The van der Waals surface area contributed by atoms with E-state index in [1.807, 2.05) is 13.8 Å². The standard InChI is InChI=1S/C14H18O6S/c1-5-21(16,17)20-10-6-7-12-11(8-10)14(3,4)13(19-12)18-9(2)15/h6-8,13H,5H2,1-4H3. The number of carbonyl (C=O) groups is 1. The molecule has 0 spiro atoms. The van der Waals surface area contributed by atoms with Gasteiger partial charge in [0.2, 0.25) is 0 Å². The Bertz CT molecular complexity index is 662. The number of esters is 1. The summed E-state index contributed by atoms with van der Waals surface area (Å²) in [6.45, 7) is 6.52. The summed E-state index contributed by atoms with van der Waals surface area (Å²) in [7, 11) is -3.59. The number of hydrogen-bond acceptors (Lipinski definition) is 6. The van der Waals surface area contributed by atoms with Crippen molar-refractivity contribution < 1.29 is 26.9 Å². The van der Waals surface area contributed by atoms with Gasteiger partial charge in [-0.25, -0.2) is 0 Å². The van der Waals surface area contributed by atoms with E-state index in [0.717, 1.165) is 5.56 Å². The van der Waals surface area contributed by atoms with Crippen LogP contribution in [-0.4, -0.2) is 26.4 Å². The Hall–Kier alpha value is -1.76. The number of benzene rings is 1. The van der Waals surface area contributed by atoms with E-state index in [1.54, 1.807) is 12.1 Å². The van der Waals surface area contributed by atoms with Crippen molar-refractivity contribution in [1.29, 1.82) is 0 Å². The molecule has 0 saturated carbocycles. The van der Waals surface area contributed by atoms with Gasteiger partial charge in [-0.3, -0.25) is 4.79 Å². The molecule has 0 radical (unpaired) electrons. The van der Waals surface area contributed by atoms with Gasteiger partial charge in [0.15, 0.2) is 0 Å². The van der Waals surface area contributed by atoms with Gasteiger partial charge < -0.3 is 13.7 Å². The molecule has 1 unspecified atom stereocenters. The molecule has 1 aromatic rings. The molecule has 0 amide bonds. The Morgan fingerprint density at radius 3 is 2.62 bits per heavy atom. The topological polar surface area (TPSA) is 78.9 Å². The molecule has 1 atom stereocenters.